The molecule has 5 heteroatoms. The molecule has 128 valence electrons. The molecule has 25 heavy (non-hydrogen) atoms. The predicted octanol–water partition coefficient (Wildman–Crippen LogP) is 5.95. The van der Waals surface area contributed by atoms with Crippen molar-refractivity contribution in [2.75, 3.05) is 0 Å². The van der Waals surface area contributed by atoms with Gasteiger partial charge in [0.25, 0.3) is 0 Å². The van der Waals surface area contributed by atoms with E-state index in [0.29, 0.717) is 17.2 Å². The van der Waals surface area contributed by atoms with E-state index in [9.17, 15) is 4.57 Å². The molecule has 0 N–H and O–H groups in total. The third kappa shape index (κ3) is 4.88. The molecular weight excluding hydrogens is 335 g/mol. The summed E-state index contributed by atoms with van der Waals surface area (Å²) in [5, 5.41) is 0. The van der Waals surface area contributed by atoms with Crippen molar-refractivity contribution in [1.29, 1.82) is 0 Å². The second-order valence-electron chi connectivity index (χ2n) is 5.66. The van der Waals surface area contributed by atoms with Crippen molar-refractivity contribution >= 4 is 7.82 Å². The van der Waals surface area contributed by atoms with E-state index in [0.717, 1.165) is 11.1 Å². The summed E-state index contributed by atoms with van der Waals surface area (Å²) in [5.41, 5.74) is 2.06. The van der Waals surface area contributed by atoms with Gasteiger partial charge in [0.15, 0.2) is 0 Å². The van der Waals surface area contributed by atoms with E-state index >= 15 is 0 Å². The Labute approximate surface area is 147 Å². The van der Waals surface area contributed by atoms with Crippen LogP contribution in [0.1, 0.15) is 11.1 Å². The Balaban J connectivity index is 1.89. The number of phosphoric acid groups is 1. The molecule has 3 rings (SSSR count). The molecule has 0 aromatic heterocycles. The zero-order valence-electron chi connectivity index (χ0n) is 14.1. The lowest BCUT2D eigenvalue weighted by Crippen LogP contribution is -2.07. The Kier molecular flexibility index (Phi) is 5.11. The highest BCUT2D eigenvalue weighted by Crippen LogP contribution is 2.49. The lowest BCUT2D eigenvalue weighted by molar-refractivity contribution is 0.298. The van der Waals surface area contributed by atoms with E-state index in [-0.39, 0.29) is 0 Å². The van der Waals surface area contributed by atoms with Crippen LogP contribution in [0.5, 0.6) is 17.2 Å². The Morgan fingerprint density at radius 1 is 0.600 bits per heavy atom. The maximum absolute atomic E-state index is 13.3. The van der Waals surface area contributed by atoms with Crippen LogP contribution < -0.4 is 13.6 Å². The predicted molar refractivity (Wildman–Crippen MR) is 98.3 cm³/mol. The maximum Gasteiger partial charge on any atom is 0.647 e. The standard InChI is InChI=1S/C20H19O4P/c1-16-11-13-19(14-12-16)23-25(21,22-18-8-4-3-5-9-18)24-20-10-6-7-17(2)15-20/h3-15H,1-2H3. The van der Waals surface area contributed by atoms with Crippen LogP contribution in [-0.4, -0.2) is 0 Å². The SMILES string of the molecule is Cc1ccc(OP(=O)(Oc2ccccc2)Oc2cccc(C)c2)cc1. The molecule has 0 aliphatic heterocycles. The van der Waals surface area contributed by atoms with Crippen LogP contribution in [0.2, 0.25) is 0 Å². The number of hydrogen-bond acceptors (Lipinski definition) is 4. The molecule has 0 aliphatic rings. The minimum atomic E-state index is -3.92. The zero-order chi connectivity index (χ0) is 17.7. The van der Waals surface area contributed by atoms with Crippen molar-refractivity contribution in [1.82, 2.24) is 0 Å². The lowest BCUT2D eigenvalue weighted by atomic mass is 10.2. The smallest absolute Gasteiger partial charge is 0.386 e. The number of hydrogen-bond donors (Lipinski definition) is 0. The van der Waals surface area contributed by atoms with Gasteiger partial charge in [-0.2, -0.15) is 4.57 Å². The quantitative estimate of drug-likeness (QED) is 0.513. The molecule has 0 bridgehead atoms. The van der Waals surface area contributed by atoms with Crippen molar-refractivity contribution in [3.8, 4) is 17.2 Å². The number of benzene rings is 3. The van der Waals surface area contributed by atoms with E-state index in [4.69, 9.17) is 13.6 Å². The molecule has 0 amide bonds. The minimum Gasteiger partial charge on any atom is -0.386 e. The minimum absolute atomic E-state index is 0.408. The van der Waals surface area contributed by atoms with E-state index in [1.54, 1.807) is 48.5 Å². The molecule has 0 saturated carbocycles. The fourth-order valence-electron chi connectivity index (χ4n) is 2.20. The third-order valence-electron chi connectivity index (χ3n) is 3.41. The average molecular weight is 354 g/mol. The fraction of sp³-hybridized carbons (Fsp3) is 0.100. The zero-order valence-corrected chi connectivity index (χ0v) is 15.0. The van der Waals surface area contributed by atoms with Gasteiger partial charge in [0.05, 0.1) is 0 Å². The molecule has 0 saturated heterocycles. The first-order chi connectivity index (χ1) is 12.0. The van der Waals surface area contributed by atoms with Gasteiger partial charge in [0.2, 0.25) is 0 Å². The van der Waals surface area contributed by atoms with Gasteiger partial charge in [-0.05, 0) is 55.8 Å². The molecule has 0 heterocycles. The van der Waals surface area contributed by atoms with E-state index in [1.807, 2.05) is 44.2 Å². The summed E-state index contributed by atoms with van der Waals surface area (Å²) in [6.45, 7) is 3.89. The second-order valence-corrected chi connectivity index (χ2v) is 7.11. The Morgan fingerprint density at radius 2 is 1.16 bits per heavy atom. The Bertz CT molecular complexity index is 876. The van der Waals surface area contributed by atoms with Gasteiger partial charge in [0.1, 0.15) is 17.2 Å². The van der Waals surface area contributed by atoms with Gasteiger partial charge >= 0.3 is 7.82 Å². The summed E-state index contributed by atoms with van der Waals surface area (Å²) in [7, 11) is -3.92. The van der Waals surface area contributed by atoms with Crippen LogP contribution in [0.3, 0.4) is 0 Å². The number of rotatable bonds is 6. The van der Waals surface area contributed by atoms with Crippen LogP contribution in [0, 0.1) is 13.8 Å². The number of para-hydroxylation sites is 1. The topological polar surface area (TPSA) is 44.8 Å². The largest absolute Gasteiger partial charge is 0.647 e. The van der Waals surface area contributed by atoms with E-state index in [2.05, 4.69) is 0 Å². The molecule has 1 atom stereocenters. The summed E-state index contributed by atoms with van der Waals surface area (Å²) >= 11 is 0. The van der Waals surface area contributed by atoms with Gasteiger partial charge in [-0.15, -0.1) is 0 Å². The van der Waals surface area contributed by atoms with Crippen molar-refractivity contribution in [2.24, 2.45) is 0 Å². The van der Waals surface area contributed by atoms with Crippen LogP contribution in [0.25, 0.3) is 0 Å². The molecule has 0 spiro atoms. The summed E-state index contributed by atoms with van der Waals surface area (Å²) in [6, 6.07) is 23.3. The normalized spacial score (nSPS) is 12.9. The lowest BCUT2D eigenvalue weighted by Gasteiger charge is -2.19. The van der Waals surface area contributed by atoms with Crippen LogP contribution in [0.15, 0.2) is 78.9 Å². The van der Waals surface area contributed by atoms with Crippen molar-refractivity contribution in [3.63, 3.8) is 0 Å². The molecule has 3 aromatic carbocycles. The summed E-state index contributed by atoms with van der Waals surface area (Å²) in [6.07, 6.45) is 0. The van der Waals surface area contributed by atoms with Crippen molar-refractivity contribution < 1.29 is 18.1 Å². The molecular formula is C20H19O4P. The van der Waals surface area contributed by atoms with Crippen molar-refractivity contribution in [3.05, 3.63) is 90.0 Å². The molecule has 3 aromatic rings. The Morgan fingerprint density at radius 3 is 1.80 bits per heavy atom. The molecule has 0 fully saturated rings. The molecule has 4 nitrogen and oxygen atoms in total. The van der Waals surface area contributed by atoms with Crippen LogP contribution >= 0.6 is 7.82 Å². The first-order valence-electron chi connectivity index (χ1n) is 7.90. The first kappa shape index (κ1) is 17.1. The van der Waals surface area contributed by atoms with Gasteiger partial charge in [0, 0.05) is 0 Å². The van der Waals surface area contributed by atoms with Gasteiger partial charge in [-0.1, -0.05) is 48.0 Å². The average Bonchev–Trinajstić information content (AvgIpc) is 2.57. The number of aryl methyl sites for hydroxylation is 2. The first-order valence-corrected chi connectivity index (χ1v) is 9.36. The molecule has 1 unspecified atom stereocenters. The highest BCUT2D eigenvalue weighted by Gasteiger charge is 2.33. The summed E-state index contributed by atoms with van der Waals surface area (Å²) in [5.74, 6) is 1.24. The fourth-order valence-corrected chi connectivity index (χ4v) is 3.44. The van der Waals surface area contributed by atoms with Crippen molar-refractivity contribution in [2.45, 2.75) is 13.8 Å². The number of phosphoric ester groups is 1. The Hall–Kier alpha value is -2.71. The summed E-state index contributed by atoms with van der Waals surface area (Å²) in [4.78, 5) is 0. The highest BCUT2D eigenvalue weighted by molar-refractivity contribution is 7.49. The van der Waals surface area contributed by atoms with Gasteiger partial charge < -0.3 is 13.6 Å². The van der Waals surface area contributed by atoms with Gasteiger partial charge in [-0.3, -0.25) is 0 Å². The van der Waals surface area contributed by atoms with Crippen LogP contribution in [0.4, 0.5) is 0 Å². The van der Waals surface area contributed by atoms with E-state index in [1.165, 1.54) is 0 Å². The maximum atomic E-state index is 13.3. The monoisotopic (exact) mass is 354 g/mol. The van der Waals surface area contributed by atoms with Crippen LogP contribution in [-0.2, 0) is 4.57 Å². The second kappa shape index (κ2) is 7.45. The molecule has 0 radical (unpaired) electrons. The molecule has 0 aliphatic carbocycles. The third-order valence-corrected chi connectivity index (χ3v) is 4.71. The highest BCUT2D eigenvalue weighted by atomic mass is 31.2. The van der Waals surface area contributed by atoms with Gasteiger partial charge in [-0.25, -0.2) is 0 Å². The van der Waals surface area contributed by atoms with E-state index < -0.39 is 7.82 Å². The summed E-state index contributed by atoms with van der Waals surface area (Å²) < 4.78 is 30.1.